The lowest BCUT2D eigenvalue weighted by Gasteiger charge is -2.15. The van der Waals surface area contributed by atoms with Gasteiger partial charge in [-0.1, -0.05) is 0 Å². The second kappa shape index (κ2) is 7.27. The number of rotatable bonds is 6. The van der Waals surface area contributed by atoms with E-state index in [0.29, 0.717) is 11.4 Å². The quantitative estimate of drug-likeness (QED) is 0.638. The molecular formula is C15H15N3O6. The smallest absolute Gasteiger partial charge is 0.433 e. The Balaban J connectivity index is 1.94. The third-order valence-corrected chi connectivity index (χ3v) is 3.08. The van der Waals surface area contributed by atoms with Crippen molar-refractivity contribution in [3.8, 4) is 5.75 Å². The fraction of sp³-hybridized carbons (Fsp3) is 0.200. The number of nitrogens with one attached hydrogen (secondary N) is 1. The number of methoxy groups -OCH3 is 1. The molecule has 9 heteroatoms. The lowest BCUT2D eigenvalue weighted by molar-refractivity contribution is -0.402. The second-order valence-electron chi connectivity index (χ2n) is 4.83. The van der Waals surface area contributed by atoms with Gasteiger partial charge in [0.1, 0.15) is 10.7 Å². The summed E-state index contributed by atoms with van der Waals surface area (Å²) >= 11 is 0. The number of nitro groups is 1. The number of ether oxygens (including phenoxy) is 1. The zero-order valence-electron chi connectivity index (χ0n) is 13.0. The molecule has 0 fully saturated rings. The first-order valence-electron chi connectivity index (χ1n) is 6.84. The first kappa shape index (κ1) is 17.0. The molecule has 1 heterocycles. The van der Waals surface area contributed by atoms with E-state index < -0.39 is 22.6 Å². The summed E-state index contributed by atoms with van der Waals surface area (Å²) in [6.45, 7) is -0.237. The number of benzene rings is 1. The van der Waals surface area contributed by atoms with Crippen molar-refractivity contribution in [2.45, 2.75) is 0 Å². The van der Waals surface area contributed by atoms with Gasteiger partial charge in [-0.3, -0.25) is 19.7 Å². The molecule has 0 unspecified atom stereocenters. The minimum absolute atomic E-state index is 0.207. The first-order chi connectivity index (χ1) is 11.4. The first-order valence-corrected chi connectivity index (χ1v) is 6.84. The van der Waals surface area contributed by atoms with E-state index in [9.17, 15) is 19.7 Å². The van der Waals surface area contributed by atoms with E-state index >= 15 is 0 Å². The molecule has 2 aromatic rings. The summed E-state index contributed by atoms with van der Waals surface area (Å²) in [6, 6.07) is 8.97. The molecule has 126 valence electrons. The van der Waals surface area contributed by atoms with E-state index in [1.54, 1.807) is 24.3 Å². The van der Waals surface area contributed by atoms with Gasteiger partial charge in [0.15, 0.2) is 5.76 Å². The largest absolute Gasteiger partial charge is 0.497 e. The molecule has 0 bridgehead atoms. The molecule has 0 atom stereocenters. The summed E-state index contributed by atoms with van der Waals surface area (Å²) in [4.78, 5) is 34.9. The Hall–Kier alpha value is -3.36. The van der Waals surface area contributed by atoms with Gasteiger partial charge >= 0.3 is 5.88 Å². The Morgan fingerprint density at radius 1 is 1.25 bits per heavy atom. The molecule has 0 radical (unpaired) electrons. The third kappa shape index (κ3) is 4.09. The number of hydrogen-bond donors (Lipinski definition) is 1. The molecule has 0 aliphatic rings. The van der Waals surface area contributed by atoms with Crippen molar-refractivity contribution in [2.75, 3.05) is 26.0 Å². The fourth-order valence-corrected chi connectivity index (χ4v) is 1.89. The van der Waals surface area contributed by atoms with E-state index in [1.165, 1.54) is 20.2 Å². The van der Waals surface area contributed by atoms with Crippen LogP contribution in [0.15, 0.2) is 40.8 Å². The minimum Gasteiger partial charge on any atom is -0.497 e. The number of nitrogens with zero attached hydrogens (tertiary/aromatic N) is 2. The SMILES string of the molecule is COc1ccc(NC(=O)CN(C)C(=O)c2ccc([N+](=O)[O-])o2)cc1. The fourth-order valence-electron chi connectivity index (χ4n) is 1.89. The molecule has 0 aliphatic heterocycles. The zero-order valence-corrected chi connectivity index (χ0v) is 13.0. The van der Waals surface area contributed by atoms with Crippen LogP contribution in [0.1, 0.15) is 10.6 Å². The second-order valence-corrected chi connectivity index (χ2v) is 4.83. The van der Waals surface area contributed by atoms with Gasteiger partial charge in [0.05, 0.1) is 19.7 Å². The Bertz CT molecular complexity index is 753. The van der Waals surface area contributed by atoms with E-state index in [2.05, 4.69) is 5.32 Å². The number of carbonyl (C=O) groups excluding carboxylic acids is 2. The van der Waals surface area contributed by atoms with Crippen molar-refractivity contribution in [2.24, 2.45) is 0 Å². The van der Waals surface area contributed by atoms with Gasteiger partial charge in [-0.15, -0.1) is 0 Å². The molecule has 1 aromatic heterocycles. The van der Waals surface area contributed by atoms with Crippen LogP contribution in [0.5, 0.6) is 5.75 Å². The molecule has 0 spiro atoms. The summed E-state index contributed by atoms with van der Waals surface area (Å²) in [5.41, 5.74) is 0.551. The van der Waals surface area contributed by atoms with Crippen molar-refractivity contribution in [3.63, 3.8) is 0 Å². The number of likely N-dealkylation sites (N-methyl/N-ethyl adjacent to an activating group) is 1. The van der Waals surface area contributed by atoms with Crippen molar-refractivity contribution in [3.05, 3.63) is 52.3 Å². The Labute approximate surface area is 137 Å². The molecule has 0 aliphatic carbocycles. The summed E-state index contributed by atoms with van der Waals surface area (Å²) in [7, 11) is 2.93. The van der Waals surface area contributed by atoms with Crippen molar-refractivity contribution in [1.29, 1.82) is 0 Å². The highest BCUT2D eigenvalue weighted by atomic mass is 16.6. The summed E-state index contributed by atoms with van der Waals surface area (Å²) in [5.74, 6) is -1.14. The molecule has 9 nitrogen and oxygen atoms in total. The molecule has 24 heavy (non-hydrogen) atoms. The topological polar surface area (TPSA) is 115 Å². The van der Waals surface area contributed by atoms with Gasteiger partial charge in [0.25, 0.3) is 5.91 Å². The average Bonchev–Trinajstić information content (AvgIpc) is 3.05. The molecule has 0 saturated carbocycles. The van der Waals surface area contributed by atoms with Crippen LogP contribution < -0.4 is 10.1 Å². The van der Waals surface area contributed by atoms with Gasteiger partial charge in [-0.2, -0.15) is 0 Å². The highest BCUT2D eigenvalue weighted by Gasteiger charge is 2.21. The molecule has 2 rings (SSSR count). The maximum atomic E-state index is 12.1. The number of furan rings is 1. The normalized spacial score (nSPS) is 10.1. The van der Waals surface area contributed by atoms with E-state index in [0.717, 1.165) is 11.0 Å². The van der Waals surface area contributed by atoms with Crippen LogP contribution in [0, 0.1) is 10.1 Å². The van der Waals surface area contributed by atoms with E-state index in [4.69, 9.17) is 9.15 Å². The lowest BCUT2D eigenvalue weighted by atomic mass is 10.3. The Kier molecular flexibility index (Phi) is 5.15. The summed E-state index contributed by atoms with van der Waals surface area (Å²) in [6.07, 6.45) is 0. The van der Waals surface area contributed by atoms with Gasteiger partial charge < -0.3 is 19.4 Å². The molecule has 2 amide bonds. The summed E-state index contributed by atoms with van der Waals surface area (Å²) < 4.78 is 9.83. The highest BCUT2D eigenvalue weighted by Crippen LogP contribution is 2.17. The van der Waals surface area contributed by atoms with Crippen LogP contribution in [0.3, 0.4) is 0 Å². The Morgan fingerprint density at radius 2 is 1.92 bits per heavy atom. The van der Waals surface area contributed by atoms with Crippen LogP contribution >= 0.6 is 0 Å². The number of amides is 2. The van der Waals surface area contributed by atoms with Crippen LogP contribution in [-0.4, -0.2) is 42.3 Å². The monoisotopic (exact) mass is 333 g/mol. The van der Waals surface area contributed by atoms with Crippen molar-refractivity contribution >= 4 is 23.4 Å². The minimum atomic E-state index is -0.743. The molecule has 1 aromatic carbocycles. The van der Waals surface area contributed by atoms with Crippen LogP contribution in [-0.2, 0) is 4.79 Å². The third-order valence-electron chi connectivity index (χ3n) is 3.08. The maximum absolute atomic E-state index is 12.1. The van der Waals surface area contributed by atoms with Gasteiger partial charge in [0, 0.05) is 12.7 Å². The zero-order chi connectivity index (χ0) is 17.7. The number of anilines is 1. The average molecular weight is 333 g/mol. The lowest BCUT2D eigenvalue weighted by Crippen LogP contribution is -2.34. The molecule has 0 saturated heterocycles. The van der Waals surface area contributed by atoms with Crippen LogP contribution in [0.2, 0.25) is 0 Å². The van der Waals surface area contributed by atoms with Crippen LogP contribution in [0.25, 0.3) is 0 Å². The van der Waals surface area contributed by atoms with E-state index in [1.807, 2.05) is 0 Å². The molecular weight excluding hydrogens is 318 g/mol. The Morgan fingerprint density at radius 3 is 2.46 bits per heavy atom. The van der Waals surface area contributed by atoms with Gasteiger partial charge in [0.2, 0.25) is 5.91 Å². The standard InChI is InChI=1S/C15H15N3O6/c1-17(15(20)12-7-8-14(24-12)18(21)22)9-13(19)16-10-3-5-11(23-2)6-4-10/h3-8H,9H2,1-2H3,(H,16,19). The predicted molar refractivity (Wildman–Crippen MR) is 83.9 cm³/mol. The van der Waals surface area contributed by atoms with Crippen molar-refractivity contribution in [1.82, 2.24) is 4.90 Å². The molecule has 1 N–H and O–H groups in total. The highest BCUT2D eigenvalue weighted by molar-refractivity contribution is 5.98. The summed E-state index contributed by atoms with van der Waals surface area (Å²) in [5, 5.41) is 13.2. The van der Waals surface area contributed by atoms with Crippen LogP contribution in [0.4, 0.5) is 11.6 Å². The predicted octanol–water partition coefficient (Wildman–Crippen LogP) is 1.91. The number of hydrogen-bond acceptors (Lipinski definition) is 6. The van der Waals surface area contributed by atoms with Gasteiger partial charge in [-0.25, -0.2) is 0 Å². The number of carbonyl (C=O) groups is 2. The maximum Gasteiger partial charge on any atom is 0.433 e. The van der Waals surface area contributed by atoms with Crippen molar-refractivity contribution < 1.29 is 23.7 Å². The van der Waals surface area contributed by atoms with E-state index in [-0.39, 0.29) is 12.3 Å². The van der Waals surface area contributed by atoms with Gasteiger partial charge in [-0.05, 0) is 30.3 Å².